The Morgan fingerprint density at radius 1 is 0.941 bits per heavy atom. The van der Waals surface area contributed by atoms with Gasteiger partial charge in [0.15, 0.2) is 0 Å². The molecule has 1 unspecified atom stereocenters. The molecule has 2 amide bonds. The second-order valence-electron chi connectivity index (χ2n) is 7.76. The van der Waals surface area contributed by atoms with Crippen molar-refractivity contribution in [2.24, 2.45) is 0 Å². The van der Waals surface area contributed by atoms with Gasteiger partial charge in [-0.3, -0.25) is 0 Å². The highest BCUT2D eigenvalue weighted by Gasteiger charge is 2.34. The van der Waals surface area contributed by atoms with Crippen LogP contribution in [0.2, 0.25) is 0 Å². The number of carbonyl (C=O) groups is 2. The van der Waals surface area contributed by atoms with Crippen LogP contribution >= 0.6 is 0 Å². The predicted molar refractivity (Wildman–Crippen MR) is 129 cm³/mol. The van der Waals surface area contributed by atoms with E-state index < -0.39 is 18.0 Å². The average Bonchev–Trinajstić information content (AvgIpc) is 2.84. The molecule has 4 rings (SSSR count). The number of benzene rings is 3. The summed E-state index contributed by atoms with van der Waals surface area (Å²) in [5.74, 6) is 1.54. The highest BCUT2D eigenvalue weighted by molar-refractivity contribution is 6.04. The number of methoxy groups -OCH3 is 1. The van der Waals surface area contributed by atoms with Gasteiger partial charge in [0.05, 0.1) is 31.0 Å². The van der Waals surface area contributed by atoms with E-state index in [0.717, 1.165) is 16.9 Å². The monoisotopic (exact) mass is 458 g/mol. The fraction of sp³-hybridized carbons (Fsp3) is 0.185. The first-order chi connectivity index (χ1) is 16.5. The molecule has 174 valence electrons. The van der Waals surface area contributed by atoms with E-state index in [0.29, 0.717) is 28.3 Å². The normalized spacial score (nSPS) is 15.3. The Hall–Kier alpha value is -4.26. The molecule has 0 bridgehead atoms. The number of hydrogen-bond acceptors (Lipinski definition) is 5. The molecule has 0 saturated heterocycles. The van der Waals surface area contributed by atoms with Crippen LogP contribution in [-0.4, -0.2) is 25.7 Å². The van der Waals surface area contributed by atoms with Crippen LogP contribution in [0.1, 0.15) is 29.7 Å². The highest BCUT2D eigenvalue weighted by Crippen LogP contribution is 2.34. The van der Waals surface area contributed by atoms with Crippen LogP contribution in [0.4, 0.5) is 4.79 Å². The molecule has 7 heteroatoms. The molecule has 1 aliphatic rings. The fourth-order valence-corrected chi connectivity index (χ4v) is 3.77. The number of urea groups is 1. The summed E-state index contributed by atoms with van der Waals surface area (Å²) < 4.78 is 16.5. The van der Waals surface area contributed by atoms with Crippen LogP contribution in [0.15, 0.2) is 78.4 Å². The van der Waals surface area contributed by atoms with Crippen molar-refractivity contribution < 1.29 is 23.8 Å². The smallest absolute Gasteiger partial charge is 0.338 e. The first-order valence-corrected chi connectivity index (χ1v) is 11.0. The van der Waals surface area contributed by atoms with Gasteiger partial charge in [-0.1, -0.05) is 24.3 Å². The third-order valence-electron chi connectivity index (χ3n) is 5.38. The molecular formula is C27H26N2O5. The molecule has 0 aliphatic carbocycles. The van der Waals surface area contributed by atoms with Crippen molar-refractivity contribution in [2.45, 2.75) is 19.9 Å². The van der Waals surface area contributed by atoms with Gasteiger partial charge in [0.25, 0.3) is 0 Å². The molecule has 34 heavy (non-hydrogen) atoms. The van der Waals surface area contributed by atoms with Gasteiger partial charge in [0.1, 0.15) is 17.2 Å². The molecule has 2 N–H and O–H groups in total. The molecule has 1 heterocycles. The maximum Gasteiger partial charge on any atom is 0.338 e. The summed E-state index contributed by atoms with van der Waals surface area (Å²) in [6, 6.07) is 21.0. The SMILES string of the molecule is CCOC(=O)C1=C(c2ccc(OC)cc2)NC(=O)NC1c1ccc(Oc2cccc(C)c2)cc1. The zero-order chi connectivity index (χ0) is 24.1. The molecule has 3 aromatic carbocycles. The average molecular weight is 459 g/mol. The Labute approximate surface area is 198 Å². The summed E-state index contributed by atoms with van der Waals surface area (Å²) in [5, 5.41) is 5.62. The fourth-order valence-electron chi connectivity index (χ4n) is 3.77. The minimum Gasteiger partial charge on any atom is -0.497 e. The first-order valence-electron chi connectivity index (χ1n) is 11.0. The number of amides is 2. The van der Waals surface area contributed by atoms with Gasteiger partial charge in [0.2, 0.25) is 0 Å². The van der Waals surface area contributed by atoms with Crippen LogP contribution in [0.5, 0.6) is 17.2 Å². The predicted octanol–water partition coefficient (Wildman–Crippen LogP) is 5.12. The van der Waals surface area contributed by atoms with E-state index in [4.69, 9.17) is 14.2 Å². The zero-order valence-corrected chi connectivity index (χ0v) is 19.3. The van der Waals surface area contributed by atoms with Crippen molar-refractivity contribution in [3.8, 4) is 17.2 Å². The highest BCUT2D eigenvalue weighted by atomic mass is 16.5. The number of hydrogen-bond donors (Lipinski definition) is 2. The van der Waals surface area contributed by atoms with Crippen LogP contribution in [0, 0.1) is 6.92 Å². The second-order valence-corrected chi connectivity index (χ2v) is 7.76. The van der Waals surface area contributed by atoms with Gasteiger partial charge in [0, 0.05) is 0 Å². The maximum atomic E-state index is 13.0. The van der Waals surface area contributed by atoms with Crippen molar-refractivity contribution in [3.63, 3.8) is 0 Å². The van der Waals surface area contributed by atoms with Crippen LogP contribution in [0.3, 0.4) is 0 Å². The number of ether oxygens (including phenoxy) is 3. The van der Waals surface area contributed by atoms with Gasteiger partial charge < -0.3 is 24.8 Å². The zero-order valence-electron chi connectivity index (χ0n) is 19.3. The standard InChI is InChI=1S/C27H26N2O5/c1-4-33-26(30)23-24(18-8-12-20(32-3)13-9-18)28-27(31)29-25(23)19-10-14-21(15-11-19)34-22-7-5-6-17(2)16-22/h5-16,25H,4H2,1-3H3,(H2,28,29,31). The van der Waals surface area contributed by atoms with Crippen molar-refractivity contribution >= 4 is 17.7 Å². The lowest BCUT2D eigenvalue weighted by atomic mass is 9.92. The summed E-state index contributed by atoms with van der Waals surface area (Å²) >= 11 is 0. The van der Waals surface area contributed by atoms with Gasteiger partial charge >= 0.3 is 12.0 Å². The van der Waals surface area contributed by atoms with Crippen LogP contribution < -0.4 is 20.1 Å². The minimum absolute atomic E-state index is 0.210. The number of rotatable bonds is 7. The largest absolute Gasteiger partial charge is 0.497 e. The quantitative estimate of drug-likeness (QED) is 0.480. The number of nitrogens with one attached hydrogen (secondary N) is 2. The van der Waals surface area contributed by atoms with E-state index in [1.807, 2.05) is 55.5 Å². The Balaban J connectivity index is 1.70. The molecule has 0 saturated carbocycles. The lowest BCUT2D eigenvalue weighted by Gasteiger charge is -2.29. The van der Waals surface area contributed by atoms with Gasteiger partial charge in [-0.2, -0.15) is 0 Å². The van der Waals surface area contributed by atoms with Gasteiger partial charge in [-0.25, -0.2) is 9.59 Å². The van der Waals surface area contributed by atoms with E-state index in [1.54, 1.807) is 38.3 Å². The Morgan fingerprint density at radius 3 is 2.29 bits per heavy atom. The van der Waals surface area contributed by atoms with Crippen molar-refractivity contribution in [1.82, 2.24) is 10.6 Å². The third-order valence-corrected chi connectivity index (χ3v) is 5.38. The number of esters is 1. The lowest BCUT2D eigenvalue weighted by molar-refractivity contribution is -0.138. The van der Waals surface area contributed by atoms with Crippen molar-refractivity contribution in [3.05, 3.63) is 95.1 Å². The Morgan fingerprint density at radius 2 is 1.65 bits per heavy atom. The second kappa shape index (κ2) is 10.1. The summed E-state index contributed by atoms with van der Waals surface area (Å²) in [6.07, 6.45) is 0. The van der Waals surface area contributed by atoms with Crippen LogP contribution in [-0.2, 0) is 9.53 Å². The first kappa shape index (κ1) is 22.9. The van der Waals surface area contributed by atoms with E-state index in [9.17, 15) is 9.59 Å². The van der Waals surface area contributed by atoms with E-state index in [-0.39, 0.29) is 6.61 Å². The molecule has 1 aliphatic heterocycles. The molecule has 1 atom stereocenters. The Kier molecular flexibility index (Phi) is 6.82. The van der Waals surface area contributed by atoms with E-state index in [1.165, 1.54) is 0 Å². The molecule has 7 nitrogen and oxygen atoms in total. The van der Waals surface area contributed by atoms with Crippen molar-refractivity contribution in [1.29, 1.82) is 0 Å². The lowest BCUT2D eigenvalue weighted by Crippen LogP contribution is -2.45. The summed E-state index contributed by atoms with van der Waals surface area (Å²) in [5.41, 5.74) is 3.21. The Bertz CT molecular complexity index is 1220. The topological polar surface area (TPSA) is 85.9 Å². The summed E-state index contributed by atoms with van der Waals surface area (Å²) in [7, 11) is 1.58. The van der Waals surface area contributed by atoms with Gasteiger partial charge in [-0.05, 0) is 79.1 Å². The number of carbonyl (C=O) groups excluding carboxylic acids is 2. The van der Waals surface area contributed by atoms with Crippen LogP contribution in [0.25, 0.3) is 5.70 Å². The molecule has 3 aromatic rings. The van der Waals surface area contributed by atoms with E-state index >= 15 is 0 Å². The molecule has 0 spiro atoms. The molecule has 0 aromatic heterocycles. The third kappa shape index (κ3) is 5.04. The summed E-state index contributed by atoms with van der Waals surface area (Å²) in [6.45, 7) is 3.95. The molecule has 0 radical (unpaired) electrons. The molecule has 0 fully saturated rings. The minimum atomic E-state index is -0.696. The summed E-state index contributed by atoms with van der Waals surface area (Å²) in [4.78, 5) is 25.6. The maximum absolute atomic E-state index is 13.0. The number of aryl methyl sites for hydroxylation is 1. The molecular weight excluding hydrogens is 432 g/mol. The van der Waals surface area contributed by atoms with Gasteiger partial charge in [-0.15, -0.1) is 0 Å². The van der Waals surface area contributed by atoms with E-state index in [2.05, 4.69) is 10.6 Å². The van der Waals surface area contributed by atoms with Crippen molar-refractivity contribution in [2.75, 3.05) is 13.7 Å².